The molecule has 0 aliphatic carbocycles. The molecule has 2 aromatic rings. The Labute approximate surface area is 105 Å². The SMILES string of the molecule is CC1SCCCC1Nc1cccc2cn[nH]c12. The van der Waals surface area contributed by atoms with Gasteiger partial charge in [0.15, 0.2) is 0 Å². The molecule has 1 saturated heterocycles. The number of thioether (sulfide) groups is 1. The number of hydrogen-bond acceptors (Lipinski definition) is 3. The molecule has 1 aliphatic rings. The third kappa shape index (κ3) is 2.14. The van der Waals surface area contributed by atoms with Crippen molar-refractivity contribution in [3.8, 4) is 0 Å². The number of rotatable bonds is 2. The van der Waals surface area contributed by atoms with Crippen LogP contribution in [-0.4, -0.2) is 27.2 Å². The van der Waals surface area contributed by atoms with Crippen LogP contribution in [0.2, 0.25) is 0 Å². The number of nitrogens with one attached hydrogen (secondary N) is 2. The summed E-state index contributed by atoms with van der Waals surface area (Å²) in [6, 6.07) is 6.87. The van der Waals surface area contributed by atoms with E-state index in [0.29, 0.717) is 11.3 Å². The number of H-pyrrole nitrogens is 1. The highest BCUT2D eigenvalue weighted by Gasteiger charge is 2.22. The van der Waals surface area contributed by atoms with E-state index in [-0.39, 0.29) is 0 Å². The zero-order valence-corrected chi connectivity index (χ0v) is 10.8. The molecule has 90 valence electrons. The third-order valence-electron chi connectivity index (χ3n) is 3.42. The van der Waals surface area contributed by atoms with Crippen molar-refractivity contribution in [3.05, 3.63) is 24.4 Å². The number of aromatic nitrogens is 2. The first kappa shape index (κ1) is 11.0. The van der Waals surface area contributed by atoms with Crippen LogP contribution in [0.15, 0.2) is 24.4 Å². The summed E-state index contributed by atoms with van der Waals surface area (Å²) in [7, 11) is 0. The van der Waals surface area contributed by atoms with E-state index in [4.69, 9.17) is 0 Å². The molecule has 0 spiro atoms. The van der Waals surface area contributed by atoms with Gasteiger partial charge in [0.25, 0.3) is 0 Å². The minimum absolute atomic E-state index is 0.572. The molecular weight excluding hydrogens is 230 g/mol. The summed E-state index contributed by atoms with van der Waals surface area (Å²) in [5.41, 5.74) is 2.30. The van der Waals surface area contributed by atoms with Crippen LogP contribution in [0.1, 0.15) is 19.8 Å². The lowest BCUT2D eigenvalue weighted by molar-refractivity contribution is 0.618. The molecule has 17 heavy (non-hydrogen) atoms. The first-order valence-electron chi connectivity index (χ1n) is 6.15. The Morgan fingerprint density at radius 3 is 3.29 bits per heavy atom. The van der Waals surface area contributed by atoms with Crippen molar-refractivity contribution >= 4 is 28.4 Å². The highest BCUT2D eigenvalue weighted by molar-refractivity contribution is 8.00. The number of aromatic amines is 1. The Balaban J connectivity index is 1.86. The first-order valence-corrected chi connectivity index (χ1v) is 7.20. The van der Waals surface area contributed by atoms with E-state index in [2.05, 4.69) is 52.4 Å². The highest BCUT2D eigenvalue weighted by atomic mass is 32.2. The number of para-hydroxylation sites is 1. The highest BCUT2D eigenvalue weighted by Crippen LogP contribution is 2.29. The van der Waals surface area contributed by atoms with Gasteiger partial charge in [0.05, 0.1) is 17.4 Å². The summed E-state index contributed by atoms with van der Waals surface area (Å²) in [5, 5.41) is 12.7. The van der Waals surface area contributed by atoms with Crippen molar-refractivity contribution in [2.24, 2.45) is 0 Å². The van der Waals surface area contributed by atoms with Gasteiger partial charge in [-0.2, -0.15) is 16.9 Å². The van der Waals surface area contributed by atoms with Gasteiger partial charge in [-0.25, -0.2) is 0 Å². The second-order valence-electron chi connectivity index (χ2n) is 4.61. The van der Waals surface area contributed by atoms with Gasteiger partial charge in [0.2, 0.25) is 0 Å². The molecule has 2 heterocycles. The molecule has 1 aromatic carbocycles. The number of nitrogens with zero attached hydrogens (tertiary/aromatic N) is 1. The second-order valence-corrected chi connectivity index (χ2v) is 6.09. The molecule has 0 bridgehead atoms. The molecule has 0 amide bonds. The molecular formula is C13H17N3S. The number of hydrogen-bond donors (Lipinski definition) is 2. The second kappa shape index (κ2) is 4.61. The van der Waals surface area contributed by atoms with Gasteiger partial charge in [-0.3, -0.25) is 5.10 Å². The van der Waals surface area contributed by atoms with Crippen LogP contribution in [0.25, 0.3) is 10.9 Å². The van der Waals surface area contributed by atoms with E-state index in [1.807, 2.05) is 6.20 Å². The van der Waals surface area contributed by atoms with Crippen LogP contribution in [0.3, 0.4) is 0 Å². The topological polar surface area (TPSA) is 40.7 Å². The average molecular weight is 247 g/mol. The predicted octanol–water partition coefficient (Wildman–Crippen LogP) is 3.26. The van der Waals surface area contributed by atoms with Gasteiger partial charge in [-0.15, -0.1) is 0 Å². The average Bonchev–Trinajstić information content (AvgIpc) is 2.81. The van der Waals surface area contributed by atoms with E-state index < -0.39 is 0 Å². The van der Waals surface area contributed by atoms with Gasteiger partial charge < -0.3 is 5.32 Å². The van der Waals surface area contributed by atoms with Crippen molar-refractivity contribution < 1.29 is 0 Å². The summed E-state index contributed by atoms with van der Waals surface area (Å²) >= 11 is 2.06. The number of anilines is 1. The Kier molecular flexibility index (Phi) is 2.97. The standard InChI is InChI=1S/C13H17N3S/c1-9-11(6-3-7-17-9)15-12-5-2-4-10-8-14-16-13(10)12/h2,4-5,8-9,11,15H,3,6-7H2,1H3,(H,14,16). The number of benzene rings is 1. The van der Waals surface area contributed by atoms with Crippen molar-refractivity contribution in [2.75, 3.05) is 11.1 Å². The van der Waals surface area contributed by atoms with Gasteiger partial charge in [0, 0.05) is 16.7 Å². The van der Waals surface area contributed by atoms with Crippen LogP contribution in [0, 0.1) is 0 Å². The van der Waals surface area contributed by atoms with E-state index >= 15 is 0 Å². The molecule has 1 aliphatic heterocycles. The van der Waals surface area contributed by atoms with Gasteiger partial charge in [-0.1, -0.05) is 19.1 Å². The molecule has 2 atom stereocenters. The van der Waals surface area contributed by atoms with Crippen molar-refractivity contribution in [3.63, 3.8) is 0 Å². The molecule has 0 saturated carbocycles. The molecule has 3 nitrogen and oxygen atoms in total. The smallest absolute Gasteiger partial charge is 0.0881 e. The quantitative estimate of drug-likeness (QED) is 0.855. The summed E-state index contributed by atoms with van der Waals surface area (Å²) in [6.45, 7) is 2.31. The number of fused-ring (bicyclic) bond motifs is 1. The lowest BCUT2D eigenvalue weighted by atomic mass is 10.1. The molecule has 3 rings (SSSR count). The van der Waals surface area contributed by atoms with Crippen molar-refractivity contribution in [2.45, 2.75) is 31.1 Å². The van der Waals surface area contributed by atoms with E-state index in [9.17, 15) is 0 Å². The summed E-state index contributed by atoms with van der Waals surface area (Å²) in [6.07, 6.45) is 4.45. The largest absolute Gasteiger partial charge is 0.379 e. The van der Waals surface area contributed by atoms with Crippen molar-refractivity contribution in [1.82, 2.24) is 10.2 Å². The van der Waals surface area contributed by atoms with E-state index in [1.165, 1.54) is 29.7 Å². The maximum atomic E-state index is 4.10. The van der Waals surface area contributed by atoms with Crippen LogP contribution in [-0.2, 0) is 0 Å². The van der Waals surface area contributed by atoms with Crippen LogP contribution in [0.4, 0.5) is 5.69 Å². The zero-order valence-electron chi connectivity index (χ0n) is 9.94. The Bertz CT molecular complexity index is 508. The van der Waals surface area contributed by atoms with Gasteiger partial charge in [0.1, 0.15) is 0 Å². The third-order valence-corrected chi connectivity index (χ3v) is 4.80. The summed E-state index contributed by atoms with van der Waals surface area (Å²) in [4.78, 5) is 0. The minimum Gasteiger partial charge on any atom is -0.379 e. The van der Waals surface area contributed by atoms with Gasteiger partial charge in [-0.05, 0) is 24.7 Å². The zero-order chi connectivity index (χ0) is 11.7. The van der Waals surface area contributed by atoms with Crippen molar-refractivity contribution in [1.29, 1.82) is 0 Å². The fourth-order valence-electron chi connectivity index (χ4n) is 2.40. The Morgan fingerprint density at radius 1 is 1.47 bits per heavy atom. The van der Waals surface area contributed by atoms with E-state index in [1.54, 1.807) is 0 Å². The molecule has 4 heteroatoms. The Hall–Kier alpha value is -1.16. The molecule has 0 radical (unpaired) electrons. The lowest BCUT2D eigenvalue weighted by Gasteiger charge is -2.30. The summed E-state index contributed by atoms with van der Waals surface area (Å²) in [5.74, 6) is 1.30. The molecule has 2 N–H and O–H groups in total. The molecule has 2 unspecified atom stereocenters. The van der Waals surface area contributed by atoms with E-state index in [0.717, 1.165) is 5.52 Å². The fraction of sp³-hybridized carbons (Fsp3) is 0.462. The van der Waals surface area contributed by atoms with Gasteiger partial charge >= 0.3 is 0 Å². The first-order chi connectivity index (χ1) is 8.34. The maximum absolute atomic E-state index is 4.10. The predicted molar refractivity (Wildman–Crippen MR) is 74.7 cm³/mol. The fourth-order valence-corrected chi connectivity index (χ4v) is 3.54. The lowest BCUT2D eigenvalue weighted by Crippen LogP contribution is -2.32. The van der Waals surface area contributed by atoms with Crippen LogP contribution in [0.5, 0.6) is 0 Å². The summed E-state index contributed by atoms with van der Waals surface area (Å²) < 4.78 is 0. The Morgan fingerprint density at radius 2 is 2.41 bits per heavy atom. The normalized spacial score (nSPS) is 25.0. The van der Waals surface area contributed by atoms with Crippen LogP contribution < -0.4 is 5.32 Å². The van der Waals surface area contributed by atoms with Crippen LogP contribution >= 0.6 is 11.8 Å². The molecule has 1 fully saturated rings. The molecule has 1 aromatic heterocycles. The maximum Gasteiger partial charge on any atom is 0.0881 e. The minimum atomic E-state index is 0.572. The monoisotopic (exact) mass is 247 g/mol.